The molecule has 0 radical (unpaired) electrons. The van der Waals surface area contributed by atoms with E-state index in [9.17, 15) is 0 Å². The van der Waals surface area contributed by atoms with Crippen LogP contribution in [0.3, 0.4) is 0 Å². The fourth-order valence-corrected chi connectivity index (χ4v) is 2.25. The predicted molar refractivity (Wildman–Crippen MR) is 69.9 cm³/mol. The van der Waals surface area contributed by atoms with Crippen molar-refractivity contribution >= 4 is 0 Å². The lowest BCUT2D eigenvalue weighted by atomic mass is 10.1. The molecule has 0 spiro atoms. The van der Waals surface area contributed by atoms with Gasteiger partial charge in [0.05, 0.1) is 0 Å². The highest BCUT2D eigenvalue weighted by molar-refractivity contribution is 5.11. The number of aromatic nitrogens is 1. The summed E-state index contributed by atoms with van der Waals surface area (Å²) in [6, 6.07) is 4.31. The van der Waals surface area contributed by atoms with Gasteiger partial charge in [-0.15, -0.1) is 0 Å². The van der Waals surface area contributed by atoms with E-state index in [1.165, 1.54) is 5.56 Å². The molecule has 1 fully saturated rings. The van der Waals surface area contributed by atoms with E-state index in [1.807, 2.05) is 24.5 Å². The van der Waals surface area contributed by atoms with Gasteiger partial charge in [0.1, 0.15) is 0 Å². The molecule has 1 saturated heterocycles. The molecule has 4 nitrogen and oxygen atoms in total. The molecular weight excluding hydrogens is 212 g/mol. The van der Waals surface area contributed by atoms with Gasteiger partial charge in [0.25, 0.3) is 0 Å². The summed E-state index contributed by atoms with van der Waals surface area (Å²) in [5.74, 6) is 0. The summed E-state index contributed by atoms with van der Waals surface area (Å²) < 4.78 is 0. The summed E-state index contributed by atoms with van der Waals surface area (Å²) in [6.45, 7) is 5.58. The molecule has 2 heterocycles. The average molecular weight is 234 g/mol. The third kappa shape index (κ3) is 4.07. The first-order valence-corrected chi connectivity index (χ1v) is 6.29. The van der Waals surface area contributed by atoms with Gasteiger partial charge < -0.3 is 10.6 Å². The number of hydrogen-bond donors (Lipinski definition) is 1. The quantitative estimate of drug-likeness (QED) is 0.808. The molecular formula is C13H22N4. The molecule has 1 aliphatic heterocycles. The Kier molecular flexibility index (Phi) is 4.48. The molecule has 17 heavy (non-hydrogen) atoms. The summed E-state index contributed by atoms with van der Waals surface area (Å²) in [5, 5.41) is 0. The van der Waals surface area contributed by atoms with Crippen LogP contribution in [0.25, 0.3) is 0 Å². The summed E-state index contributed by atoms with van der Waals surface area (Å²) in [7, 11) is 2.17. The van der Waals surface area contributed by atoms with Gasteiger partial charge in [-0.05, 0) is 31.2 Å². The van der Waals surface area contributed by atoms with Gasteiger partial charge >= 0.3 is 0 Å². The molecule has 0 bridgehead atoms. The zero-order valence-electron chi connectivity index (χ0n) is 10.5. The van der Waals surface area contributed by atoms with E-state index in [4.69, 9.17) is 5.73 Å². The molecule has 1 unspecified atom stereocenters. The number of likely N-dealkylation sites (N-methyl/N-ethyl adjacent to an activating group) is 1. The lowest BCUT2D eigenvalue weighted by Crippen LogP contribution is -2.49. The van der Waals surface area contributed by atoms with Crippen LogP contribution in [0.1, 0.15) is 5.56 Å². The molecule has 1 aromatic heterocycles. The zero-order chi connectivity index (χ0) is 12.1. The van der Waals surface area contributed by atoms with E-state index >= 15 is 0 Å². The third-order valence-corrected chi connectivity index (χ3v) is 3.34. The Balaban J connectivity index is 1.76. The molecule has 2 N–H and O–H groups in total. The minimum absolute atomic E-state index is 0.223. The summed E-state index contributed by atoms with van der Waals surface area (Å²) >= 11 is 0. The highest BCUT2D eigenvalue weighted by Gasteiger charge is 2.16. The van der Waals surface area contributed by atoms with Gasteiger partial charge in [-0.2, -0.15) is 0 Å². The highest BCUT2D eigenvalue weighted by atomic mass is 15.2. The van der Waals surface area contributed by atoms with Crippen molar-refractivity contribution in [3.8, 4) is 0 Å². The molecule has 0 saturated carbocycles. The van der Waals surface area contributed by atoms with Gasteiger partial charge in [0, 0.05) is 51.2 Å². The van der Waals surface area contributed by atoms with Crippen LogP contribution in [0.15, 0.2) is 24.5 Å². The van der Waals surface area contributed by atoms with Crippen LogP contribution in [0, 0.1) is 0 Å². The Bertz CT molecular complexity index is 319. The zero-order valence-corrected chi connectivity index (χ0v) is 10.5. The highest BCUT2D eigenvalue weighted by Crippen LogP contribution is 2.04. The molecule has 0 aromatic carbocycles. The molecule has 0 aliphatic carbocycles. The topological polar surface area (TPSA) is 45.4 Å². The molecule has 1 atom stereocenters. The van der Waals surface area contributed by atoms with Gasteiger partial charge in [-0.25, -0.2) is 0 Å². The average Bonchev–Trinajstić information content (AvgIpc) is 2.33. The van der Waals surface area contributed by atoms with E-state index in [2.05, 4.69) is 21.8 Å². The number of hydrogen-bond acceptors (Lipinski definition) is 4. The van der Waals surface area contributed by atoms with Crippen molar-refractivity contribution in [1.29, 1.82) is 0 Å². The maximum atomic E-state index is 6.20. The van der Waals surface area contributed by atoms with Gasteiger partial charge in [-0.3, -0.25) is 9.88 Å². The predicted octanol–water partition coefficient (Wildman–Crippen LogP) is 0.199. The number of piperazine rings is 1. The maximum Gasteiger partial charge on any atom is 0.0270 e. The summed E-state index contributed by atoms with van der Waals surface area (Å²) in [5.41, 5.74) is 7.47. The summed E-state index contributed by atoms with van der Waals surface area (Å²) in [6.07, 6.45) is 4.60. The number of nitrogens with zero attached hydrogens (tertiary/aromatic N) is 3. The van der Waals surface area contributed by atoms with E-state index in [-0.39, 0.29) is 6.04 Å². The molecule has 0 amide bonds. The number of nitrogens with two attached hydrogens (primary N) is 1. The van der Waals surface area contributed by atoms with Crippen LogP contribution >= 0.6 is 0 Å². The van der Waals surface area contributed by atoms with Crippen molar-refractivity contribution in [3.63, 3.8) is 0 Å². The molecule has 94 valence electrons. The van der Waals surface area contributed by atoms with Crippen LogP contribution in [0.5, 0.6) is 0 Å². The smallest absolute Gasteiger partial charge is 0.0270 e. The monoisotopic (exact) mass is 234 g/mol. The second-order valence-electron chi connectivity index (χ2n) is 4.92. The van der Waals surface area contributed by atoms with E-state index in [0.29, 0.717) is 0 Å². The Hall–Kier alpha value is -0.970. The fourth-order valence-electron chi connectivity index (χ4n) is 2.25. The van der Waals surface area contributed by atoms with Crippen molar-refractivity contribution in [2.75, 3.05) is 39.8 Å². The maximum absolute atomic E-state index is 6.20. The van der Waals surface area contributed by atoms with Crippen LogP contribution in [-0.2, 0) is 6.42 Å². The van der Waals surface area contributed by atoms with Crippen molar-refractivity contribution in [2.24, 2.45) is 5.73 Å². The fraction of sp³-hybridized carbons (Fsp3) is 0.615. The minimum Gasteiger partial charge on any atom is -0.326 e. The van der Waals surface area contributed by atoms with E-state index in [1.54, 1.807) is 0 Å². The van der Waals surface area contributed by atoms with Crippen molar-refractivity contribution < 1.29 is 0 Å². The molecule has 1 aliphatic rings. The largest absolute Gasteiger partial charge is 0.326 e. The van der Waals surface area contributed by atoms with Gasteiger partial charge in [0.2, 0.25) is 0 Å². The lowest BCUT2D eigenvalue weighted by molar-refractivity contribution is 0.147. The standard InChI is InChI=1S/C13H22N4/c1-16-6-8-17(9-7-16)11-13(14)10-12-2-4-15-5-3-12/h2-5,13H,6-11,14H2,1H3. The van der Waals surface area contributed by atoms with Crippen LogP contribution in [-0.4, -0.2) is 60.6 Å². The third-order valence-electron chi connectivity index (χ3n) is 3.34. The first-order chi connectivity index (χ1) is 8.24. The van der Waals surface area contributed by atoms with Crippen LogP contribution in [0.2, 0.25) is 0 Å². The van der Waals surface area contributed by atoms with E-state index < -0.39 is 0 Å². The number of pyridine rings is 1. The number of rotatable bonds is 4. The Morgan fingerprint density at radius 2 is 1.88 bits per heavy atom. The van der Waals surface area contributed by atoms with Gasteiger partial charge in [0.15, 0.2) is 0 Å². The Morgan fingerprint density at radius 3 is 2.53 bits per heavy atom. The second-order valence-corrected chi connectivity index (χ2v) is 4.92. The normalized spacial score (nSPS) is 20.4. The van der Waals surface area contributed by atoms with Crippen LogP contribution in [0.4, 0.5) is 0 Å². The lowest BCUT2D eigenvalue weighted by Gasteiger charge is -2.33. The SMILES string of the molecule is CN1CCN(CC(N)Cc2ccncc2)CC1. The second kappa shape index (κ2) is 6.10. The van der Waals surface area contributed by atoms with Crippen molar-refractivity contribution in [1.82, 2.24) is 14.8 Å². The summed E-state index contributed by atoms with van der Waals surface area (Å²) in [4.78, 5) is 8.85. The Labute approximate surface area is 103 Å². The molecule has 1 aromatic rings. The van der Waals surface area contributed by atoms with Gasteiger partial charge in [-0.1, -0.05) is 0 Å². The minimum atomic E-state index is 0.223. The first kappa shape index (κ1) is 12.5. The van der Waals surface area contributed by atoms with Crippen molar-refractivity contribution in [2.45, 2.75) is 12.5 Å². The Morgan fingerprint density at radius 1 is 1.24 bits per heavy atom. The first-order valence-electron chi connectivity index (χ1n) is 6.29. The molecule has 2 rings (SSSR count). The van der Waals surface area contributed by atoms with E-state index in [0.717, 1.165) is 39.1 Å². The van der Waals surface area contributed by atoms with Crippen molar-refractivity contribution in [3.05, 3.63) is 30.1 Å². The van der Waals surface area contributed by atoms with Crippen LogP contribution < -0.4 is 5.73 Å². The molecule has 4 heteroatoms.